The molecule has 4 nitrogen and oxygen atoms in total. The first-order valence-corrected chi connectivity index (χ1v) is 6.75. The summed E-state index contributed by atoms with van der Waals surface area (Å²) in [7, 11) is 0. The van der Waals surface area contributed by atoms with Gasteiger partial charge in [-0.3, -0.25) is 0 Å². The standard InChI is InChI=1S/C14H13ClFN3O/c1-8-9(2)20-14(17-8)7-19-12-4-3-10(16)5-11(12)18-13(19)6-15/h3-5H,6-7H2,1-2H3. The summed E-state index contributed by atoms with van der Waals surface area (Å²) >= 11 is 5.92. The highest BCUT2D eigenvalue weighted by molar-refractivity contribution is 6.16. The Bertz CT molecular complexity index is 759. The van der Waals surface area contributed by atoms with Crippen LogP contribution in [0, 0.1) is 19.7 Å². The van der Waals surface area contributed by atoms with E-state index in [1.165, 1.54) is 12.1 Å². The molecule has 20 heavy (non-hydrogen) atoms. The minimum absolute atomic E-state index is 0.245. The lowest BCUT2D eigenvalue weighted by atomic mass is 10.3. The average Bonchev–Trinajstić information content (AvgIpc) is 2.91. The Hall–Kier alpha value is -1.88. The van der Waals surface area contributed by atoms with Crippen LogP contribution in [0.25, 0.3) is 11.0 Å². The zero-order chi connectivity index (χ0) is 14.3. The first-order valence-electron chi connectivity index (χ1n) is 6.22. The van der Waals surface area contributed by atoms with Crippen LogP contribution in [0.15, 0.2) is 22.6 Å². The molecule has 3 rings (SSSR count). The molecule has 0 saturated heterocycles. The van der Waals surface area contributed by atoms with E-state index in [1.54, 1.807) is 6.07 Å². The van der Waals surface area contributed by atoms with E-state index in [2.05, 4.69) is 9.97 Å². The predicted octanol–water partition coefficient (Wildman–Crippen LogP) is 3.57. The second-order valence-electron chi connectivity index (χ2n) is 4.63. The van der Waals surface area contributed by atoms with Gasteiger partial charge in [-0.05, 0) is 26.0 Å². The molecule has 6 heteroatoms. The van der Waals surface area contributed by atoms with Gasteiger partial charge < -0.3 is 8.98 Å². The van der Waals surface area contributed by atoms with Crippen LogP contribution in [0.5, 0.6) is 0 Å². The van der Waals surface area contributed by atoms with Gasteiger partial charge in [-0.15, -0.1) is 11.6 Å². The summed E-state index contributed by atoms with van der Waals surface area (Å²) in [5.74, 6) is 1.99. The molecule has 0 aliphatic heterocycles. The number of fused-ring (bicyclic) bond motifs is 1. The lowest BCUT2D eigenvalue weighted by Gasteiger charge is -2.04. The molecule has 0 bridgehead atoms. The Kier molecular flexibility index (Phi) is 3.22. The van der Waals surface area contributed by atoms with Crippen LogP contribution in [-0.2, 0) is 12.4 Å². The van der Waals surface area contributed by atoms with Crippen LogP contribution in [0.1, 0.15) is 23.2 Å². The van der Waals surface area contributed by atoms with Crippen molar-refractivity contribution in [3.05, 3.63) is 47.2 Å². The predicted molar refractivity (Wildman–Crippen MR) is 74.3 cm³/mol. The fraction of sp³-hybridized carbons (Fsp3) is 0.286. The first-order chi connectivity index (χ1) is 9.58. The van der Waals surface area contributed by atoms with E-state index in [0.29, 0.717) is 23.8 Å². The third-order valence-electron chi connectivity index (χ3n) is 3.28. The van der Waals surface area contributed by atoms with Crippen molar-refractivity contribution in [2.75, 3.05) is 0 Å². The third kappa shape index (κ3) is 2.18. The van der Waals surface area contributed by atoms with Crippen LogP contribution in [-0.4, -0.2) is 14.5 Å². The van der Waals surface area contributed by atoms with Crippen LogP contribution in [0.2, 0.25) is 0 Å². The molecule has 104 valence electrons. The smallest absolute Gasteiger partial charge is 0.214 e. The van der Waals surface area contributed by atoms with Gasteiger partial charge in [0.05, 0.1) is 22.6 Å². The fourth-order valence-corrected chi connectivity index (χ4v) is 2.38. The molecule has 0 spiro atoms. The van der Waals surface area contributed by atoms with Gasteiger partial charge in [0.1, 0.15) is 23.9 Å². The van der Waals surface area contributed by atoms with E-state index in [9.17, 15) is 4.39 Å². The maximum atomic E-state index is 13.3. The molecule has 0 saturated carbocycles. The number of aromatic nitrogens is 3. The van der Waals surface area contributed by atoms with E-state index in [4.69, 9.17) is 16.0 Å². The number of benzene rings is 1. The number of nitrogens with zero attached hydrogens (tertiary/aromatic N) is 3. The highest BCUT2D eigenvalue weighted by atomic mass is 35.5. The Morgan fingerprint density at radius 3 is 2.75 bits per heavy atom. The fourth-order valence-electron chi connectivity index (χ4n) is 2.17. The number of hydrogen-bond donors (Lipinski definition) is 0. The van der Waals surface area contributed by atoms with E-state index >= 15 is 0 Å². The van der Waals surface area contributed by atoms with Crippen molar-refractivity contribution in [1.29, 1.82) is 0 Å². The van der Waals surface area contributed by atoms with Crippen molar-refractivity contribution in [2.45, 2.75) is 26.3 Å². The minimum Gasteiger partial charge on any atom is -0.444 e. The molecule has 2 heterocycles. The van der Waals surface area contributed by atoms with Gasteiger partial charge in [-0.1, -0.05) is 0 Å². The molecule has 0 fully saturated rings. The summed E-state index contributed by atoms with van der Waals surface area (Å²) in [6.45, 7) is 4.20. The summed E-state index contributed by atoms with van der Waals surface area (Å²) in [4.78, 5) is 8.69. The normalized spacial score (nSPS) is 11.4. The SMILES string of the molecule is Cc1nc(Cn2c(CCl)nc3cc(F)ccc32)oc1C. The first kappa shape index (κ1) is 13.1. The van der Waals surface area contributed by atoms with Gasteiger partial charge in [0.25, 0.3) is 0 Å². The zero-order valence-corrected chi connectivity index (χ0v) is 11.9. The number of halogens is 2. The molecule has 0 aliphatic rings. The van der Waals surface area contributed by atoms with Gasteiger partial charge in [-0.25, -0.2) is 14.4 Å². The number of hydrogen-bond acceptors (Lipinski definition) is 3. The number of oxazole rings is 1. The van der Waals surface area contributed by atoms with Gasteiger partial charge in [-0.2, -0.15) is 0 Å². The van der Waals surface area contributed by atoms with Gasteiger partial charge in [0.15, 0.2) is 0 Å². The number of rotatable bonds is 3. The quantitative estimate of drug-likeness (QED) is 0.693. The molecule has 0 aliphatic carbocycles. The molecule has 3 aromatic rings. The van der Waals surface area contributed by atoms with Gasteiger partial charge in [0, 0.05) is 6.07 Å². The van der Waals surface area contributed by atoms with Gasteiger partial charge >= 0.3 is 0 Å². The average molecular weight is 294 g/mol. The van der Waals surface area contributed by atoms with Crippen LogP contribution in [0.4, 0.5) is 4.39 Å². The summed E-state index contributed by atoms with van der Waals surface area (Å²) in [5, 5.41) is 0. The summed E-state index contributed by atoms with van der Waals surface area (Å²) in [6.07, 6.45) is 0. The molecule has 0 amide bonds. The van der Waals surface area contributed by atoms with Crippen LogP contribution < -0.4 is 0 Å². The second-order valence-corrected chi connectivity index (χ2v) is 4.90. The molecular formula is C14H13ClFN3O. The Morgan fingerprint density at radius 1 is 1.30 bits per heavy atom. The molecule has 0 radical (unpaired) electrons. The molecular weight excluding hydrogens is 281 g/mol. The largest absolute Gasteiger partial charge is 0.444 e. The Balaban J connectivity index is 2.09. The highest BCUT2D eigenvalue weighted by Gasteiger charge is 2.14. The zero-order valence-electron chi connectivity index (χ0n) is 11.2. The summed E-state index contributed by atoms with van der Waals surface area (Å²) in [5.41, 5.74) is 2.26. The van der Waals surface area contributed by atoms with Crippen molar-refractivity contribution in [1.82, 2.24) is 14.5 Å². The number of aryl methyl sites for hydroxylation is 2. The lowest BCUT2D eigenvalue weighted by Crippen LogP contribution is -2.04. The molecule has 0 unspecified atom stereocenters. The number of alkyl halides is 1. The van der Waals surface area contributed by atoms with Gasteiger partial charge in [0.2, 0.25) is 5.89 Å². The summed E-state index contributed by atoms with van der Waals surface area (Å²) < 4.78 is 20.7. The minimum atomic E-state index is -0.314. The van der Waals surface area contributed by atoms with Crippen molar-refractivity contribution in [2.24, 2.45) is 0 Å². The maximum Gasteiger partial charge on any atom is 0.214 e. The van der Waals surface area contributed by atoms with E-state index < -0.39 is 0 Å². The topological polar surface area (TPSA) is 43.9 Å². The molecule has 2 aromatic heterocycles. The Labute approximate surface area is 120 Å². The maximum absolute atomic E-state index is 13.3. The van der Waals surface area contributed by atoms with E-state index in [-0.39, 0.29) is 11.7 Å². The molecule has 0 atom stereocenters. The van der Waals surface area contributed by atoms with Crippen molar-refractivity contribution in [3.8, 4) is 0 Å². The van der Waals surface area contributed by atoms with Crippen molar-refractivity contribution in [3.63, 3.8) is 0 Å². The third-order valence-corrected chi connectivity index (χ3v) is 3.51. The van der Waals surface area contributed by atoms with E-state index in [1.807, 2.05) is 18.4 Å². The van der Waals surface area contributed by atoms with Crippen molar-refractivity contribution >= 4 is 22.6 Å². The lowest BCUT2D eigenvalue weighted by molar-refractivity contribution is 0.457. The molecule has 1 aromatic carbocycles. The van der Waals surface area contributed by atoms with E-state index in [0.717, 1.165) is 17.0 Å². The Morgan fingerprint density at radius 2 is 2.10 bits per heavy atom. The summed E-state index contributed by atoms with van der Waals surface area (Å²) in [6, 6.07) is 4.49. The van der Waals surface area contributed by atoms with Crippen molar-refractivity contribution < 1.29 is 8.81 Å². The molecule has 0 N–H and O–H groups in total. The van der Waals surface area contributed by atoms with Crippen LogP contribution in [0.3, 0.4) is 0 Å². The second kappa shape index (κ2) is 4.90. The number of imidazole rings is 1. The van der Waals surface area contributed by atoms with Crippen LogP contribution >= 0.6 is 11.6 Å². The monoisotopic (exact) mass is 293 g/mol. The highest BCUT2D eigenvalue weighted by Crippen LogP contribution is 2.21.